The Labute approximate surface area is 106 Å². The summed E-state index contributed by atoms with van der Waals surface area (Å²) in [6.45, 7) is 3.69. The summed E-state index contributed by atoms with van der Waals surface area (Å²) in [7, 11) is 0. The van der Waals surface area contributed by atoms with Crippen LogP contribution in [0.1, 0.15) is 12.6 Å². The van der Waals surface area contributed by atoms with Crippen molar-refractivity contribution in [3.8, 4) is 0 Å². The molecule has 0 saturated heterocycles. The molecule has 0 atom stereocenters. The first kappa shape index (κ1) is 11.9. The van der Waals surface area contributed by atoms with Gasteiger partial charge in [-0.15, -0.1) is 0 Å². The van der Waals surface area contributed by atoms with E-state index in [0.717, 1.165) is 24.6 Å². The lowest BCUT2D eigenvalue weighted by molar-refractivity contribution is 0.794. The molecule has 0 radical (unpaired) electrons. The van der Waals surface area contributed by atoms with Gasteiger partial charge >= 0.3 is 0 Å². The highest BCUT2D eigenvalue weighted by Gasteiger charge is 2.07. The first-order valence-corrected chi connectivity index (χ1v) is 5.95. The van der Waals surface area contributed by atoms with Crippen molar-refractivity contribution in [2.45, 2.75) is 13.5 Å². The summed E-state index contributed by atoms with van der Waals surface area (Å²) in [5, 5.41) is 0.516. The lowest BCUT2D eigenvalue weighted by Crippen LogP contribution is -2.23. The summed E-state index contributed by atoms with van der Waals surface area (Å²) in [6, 6.07) is 11.6. The van der Waals surface area contributed by atoms with Crippen molar-refractivity contribution in [3.63, 3.8) is 0 Å². The molecule has 0 aliphatic carbocycles. The number of nitrogens with zero attached hydrogens (tertiary/aromatic N) is 3. The van der Waals surface area contributed by atoms with Gasteiger partial charge in [-0.1, -0.05) is 23.7 Å². The fourth-order valence-corrected chi connectivity index (χ4v) is 1.78. The van der Waals surface area contributed by atoms with Gasteiger partial charge in [0.2, 0.25) is 0 Å². The van der Waals surface area contributed by atoms with E-state index in [4.69, 9.17) is 11.6 Å². The third kappa shape index (κ3) is 3.17. The Balaban J connectivity index is 2.17. The summed E-state index contributed by atoms with van der Waals surface area (Å²) < 4.78 is 0. The van der Waals surface area contributed by atoms with E-state index >= 15 is 0 Å². The molecule has 0 N–H and O–H groups in total. The lowest BCUT2D eigenvalue weighted by atomic mass is 10.3. The van der Waals surface area contributed by atoms with E-state index in [1.54, 1.807) is 12.3 Å². The zero-order chi connectivity index (χ0) is 12.1. The maximum absolute atomic E-state index is 5.90. The summed E-state index contributed by atoms with van der Waals surface area (Å²) in [4.78, 5) is 10.7. The zero-order valence-electron chi connectivity index (χ0n) is 9.68. The Hall–Kier alpha value is -1.61. The molecule has 2 aromatic rings. The van der Waals surface area contributed by atoms with E-state index in [-0.39, 0.29) is 0 Å². The second kappa shape index (κ2) is 5.64. The number of anilines is 1. The Morgan fingerprint density at radius 2 is 2.06 bits per heavy atom. The van der Waals surface area contributed by atoms with Gasteiger partial charge in [0.05, 0.1) is 12.2 Å². The fraction of sp³-hybridized carbons (Fsp3) is 0.231. The quantitative estimate of drug-likeness (QED) is 0.778. The summed E-state index contributed by atoms with van der Waals surface area (Å²) in [5.41, 5.74) is 1.02. The van der Waals surface area contributed by atoms with Crippen LogP contribution in [-0.4, -0.2) is 16.5 Å². The van der Waals surface area contributed by atoms with Crippen molar-refractivity contribution in [2.75, 3.05) is 11.4 Å². The highest BCUT2D eigenvalue weighted by molar-refractivity contribution is 6.29. The minimum atomic E-state index is 0.516. The molecule has 0 unspecified atom stereocenters. The SMILES string of the molecule is CCN(Cc1ccccn1)c1cccc(Cl)n1. The smallest absolute Gasteiger partial charge is 0.131 e. The Kier molecular flexibility index (Phi) is 3.94. The molecular formula is C13H14ClN3. The number of hydrogen-bond donors (Lipinski definition) is 0. The van der Waals surface area contributed by atoms with E-state index in [2.05, 4.69) is 21.8 Å². The number of hydrogen-bond acceptors (Lipinski definition) is 3. The van der Waals surface area contributed by atoms with Gasteiger partial charge < -0.3 is 4.90 Å². The van der Waals surface area contributed by atoms with Gasteiger partial charge in [-0.3, -0.25) is 4.98 Å². The summed E-state index contributed by atoms with van der Waals surface area (Å²) >= 11 is 5.90. The number of rotatable bonds is 4. The second-order valence-electron chi connectivity index (χ2n) is 3.65. The normalized spacial score (nSPS) is 10.2. The van der Waals surface area contributed by atoms with Crippen LogP contribution >= 0.6 is 11.6 Å². The summed E-state index contributed by atoms with van der Waals surface area (Å²) in [5.74, 6) is 0.880. The van der Waals surface area contributed by atoms with Crippen LogP contribution < -0.4 is 4.90 Å². The van der Waals surface area contributed by atoms with Crippen LogP contribution in [0.5, 0.6) is 0 Å². The maximum Gasteiger partial charge on any atom is 0.131 e. The molecule has 0 aliphatic heterocycles. The van der Waals surface area contributed by atoms with Crippen molar-refractivity contribution >= 4 is 17.4 Å². The van der Waals surface area contributed by atoms with Crippen molar-refractivity contribution in [3.05, 3.63) is 53.4 Å². The Bertz CT molecular complexity index is 473. The van der Waals surface area contributed by atoms with E-state index in [1.165, 1.54) is 0 Å². The van der Waals surface area contributed by atoms with Gasteiger partial charge in [0.25, 0.3) is 0 Å². The maximum atomic E-state index is 5.90. The molecule has 3 nitrogen and oxygen atoms in total. The van der Waals surface area contributed by atoms with Crippen LogP contribution in [0, 0.1) is 0 Å². The van der Waals surface area contributed by atoms with Crippen LogP contribution in [0.25, 0.3) is 0 Å². The van der Waals surface area contributed by atoms with Gasteiger partial charge in [0.15, 0.2) is 0 Å². The standard InChI is InChI=1S/C13H14ClN3/c1-2-17(10-11-6-3-4-9-15-11)13-8-5-7-12(14)16-13/h3-9H,2,10H2,1H3. The molecule has 2 heterocycles. The third-order valence-electron chi connectivity index (χ3n) is 2.49. The molecule has 4 heteroatoms. The number of pyridine rings is 2. The molecule has 0 amide bonds. The highest BCUT2D eigenvalue weighted by atomic mass is 35.5. The minimum Gasteiger partial charge on any atom is -0.351 e. The van der Waals surface area contributed by atoms with Gasteiger partial charge in [-0.25, -0.2) is 4.98 Å². The molecule has 0 bridgehead atoms. The molecule has 0 aliphatic rings. The third-order valence-corrected chi connectivity index (χ3v) is 2.70. The molecular weight excluding hydrogens is 234 g/mol. The molecule has 0 fully saturated rings. The molecule has 2 rings (SSSR count). The average molecular weight is 248 g/mol. The Morgan fingerprint density at radius 1 is 1.18 bits per heavy atom. The van der Waals surface area contributed by atoms with Gasteiger partial charge in [0.1, 0.15) is 11.0 Å². The monoisotopic (exact) mass is 247 g/mol. The van der Waals surface area contributed by atoms with Gasteiger partial charge in [0, 0.05) is 12.7 Å². The molecule has 88 valence electrons. The van der Waals surface area contributed by atoms with E-state index in [0.29, 0.717) is 5.15 Å². The molecule has 0 spiro atoms. The highest BCUT2D eigenvalue weighted by Crippen LogP contribution is 2.16. The molecule has 17 heavy (non-hydrogen) atoms. The van der Waals surface area contributed by atoms with Crippen molar-refractivity contribution in [2.24, 2.45) is 0 Å². The van der Waals surface area contributed by atoms with E-state index in [1.807, 2.05) is 30.3 Å². The van der Waals surface area contributed by atoms with Crippen LogP contribution in [0.3, 0.4) is 0 Å². The zero-order valence-corrected chi connectivity index (χ0v) is 10.4. The first-order valence-electron chi connectivity index (χ1n) is 5.57. The molecule has 0 saturated carbocycles. The predicted molar refractivity (Wildman–Crippen MR) is 70.2 cm³/mol. The topological polar surface area (TPSA) is 29.0 Å². The van der Waals surface area contributed by atoms with Gasteiger partial charge in [-0.2, -0.15) is 0 Å². The van der Waals surface area contributed by atoms with Crippen molar-refractivity contribution in [1.82, 2.24) is 9.97 Å². The van der Waals surface area contributed by atoms with Crippen LogP contribution in [0.15, 0.2) is 42.6 Å². The van der Waals surface area contributed by atoms with Crippen molar-refractivity contribution in [1.29, 1.82) is 0 Å². The van der Waals surface area contributed by atoms with Crippen LogP contribution in [0.2, 0.25) is 5.15 Å². The molecule has 0 aromatic carbocycles. The largest absolute Gasteiger partial charge is 0.351 e. The number of aromatic nitrogens is 2. The van der Waals surface area contributed by atoms with Gasteiger partial charge in [-0.05, 0) is 31.2 Å². The summed E-state index contributed by atoms with van der Waals surface area (Å²) in [6.07, 6.45) is 1.80. The average Bonchev–Trinajstić information content (AvgIpc) is 2.37. The fourth-order valence-electron chi connectivity index (χ4n) is 1.62. The van der Waals surface area contributed by atoms with Crippen LogP contribution in [-0.2, 0) is 6.54 Å². The number of halogens is 1. The predicted octanol–water partition coefficient (Wildman–Crippen LogP) is 3.16. The minimum absolute atomic E-state index is 0.516. The lowest BCUT2D eigenvalue weighted by Gasteiger charge is -2.21. The van der Waals surface area contributed by atoms with E-state index < -0.39 is 0 Å². The second-order valence-corrected chi connectivity index (χ2v) is 4.04. The Morgan fingerprint density at radius 3 is 2.71 bits per heavy atom. The first-order chi connectivity index (χ1) is 8.29. The van der Waals surface area contributed by atoms with Crippen molar-refractivity contribution < 1.29 is 0 Å². The molecule has 2 aromatic heterocycles. The van der Waals surface area contributed by atoms with Crippen LogP contribution in [0.4, 0.5) is 5.82 Å². The van der Waals surface area contributed by atoms with E-state index in [9.17, 15) is 0 Å².